The summed E-state index contributed by atoms with van der Waals surface area (Å²) in [6.45, 7) is 3.50. The number of piperidine rings is 1. The van der Waals surface area contributed by atoms with Gasteiger partial charge in [0.25, 0.3) is 5.91 Å². The van der Waals surface area contributed by atoms with E-state index in [1.54, 1.807) is 0 Å². The number of amides is 2. The summed E-state index contributed by atoms with van der Waals surface area (Å²) in [6.07, 6.45) is 7.62. The maximum absolute atomic E-state index is 12.9. The molecule has 1 aliphatic heterocycles. The smallest absolute Gasteiger partial charge is 0.286 e. The molecule has 1 atom stereocenters. The number of benzene rings is 1. The lowest BCUT2D eigenvalue weighted by Crippen LogP contribution is -2.42. The number of anilines is 1. The van der Waals surface area contributed by atoms with Gasteiger partial charge < -0.3 is 10.2 Å². The quantitative estimate of drug-likeness (QED) is 0.808. The van der Waals surface area contributed by atoms with Crippen molar-refractivity contribution in [2.75, 3.05) is 18.4 Å². The van der Waals surface area contributed by atoms with Gasteiger partial charge in [0.15, 0.2) is 0 Å². The fraction of sp³-hybridized carbons (Fsp3) is 0.545. The first kappa shape index (κ1) is 20.0. The Morgan fingerprint density at radius 3 is 2.66 bits per heavy atom. The minimum Gasteiger partial charge on any atom is -0.342 e. The number of para-hydroxylation sites is 1. The van der Waals surface area contributed by atoms with Gasteiger partial charge in [-0.3, -0.25) is 9.59 Å². The lowest BCUT2D eigenvalue weighted by atomic mass is 9.87. The number of likely N-dealkylation sites (tertiary alicyclic amines) is 1. The van der Waals surface area contributed by atoms with Crippen molar-refractivity contribution < 1.29 is 9.59 Å². The fourth-order valence-corrected chi connectivity index (χ4v) is 5.23. The third-order valence-corrected chi connectivity index (χ3v) is 7.15. The zero-order chi connectivity index (χ0) is 20.2. The molecule has 6 nitrogen and oxygen atoms in total. The molecule has 7 heteroatoms. The van der Waals surface area contributed by atoms with E-state index in [-0.39, 0.29) is 17.7 Å². The van der Waals surface area contributed by atoms with Crippen molar-refractivity contribution in [2.45, 2.75) is 57.8 Å². The van der Waals surface area contributed by atoms with E-state index in [0.29, 0.717) is 17.5 Å². The lowest BCUT2D eigenvalue weighted by Gasteiger charge is -2.35. The Kier molecular flexibility index (Phi) is 6.23. The molecule has 154 valence electrons. The molecule has 1 aromatic carbocycles. The molecule has 2 heterocycles. The molecule has 4 rings (SSSR count). The van der Waals surface area contributed by atoms with Crippen LogP contribution in [0.3, 0.4) is 0 Å². The van der Waals surface area contributed by atoms with Gasteiger partial charge in [0, 0.05) is 30.6 Å². The van der Waals surface area contributed by atoms with Crippen LogP contribution in [0, 0.1) is 12.8 Å². The van der Waals surface area contributed by atoms with Crippen LogP contribution in [0.5, 0.6) is 0 Å². The molecular weight excluding hydrogens is 384 g/mol. The van der Waals surface area contributed by atoms with E-state index in [9.17, 15) is 9.59 Å². The van der Waals surface area contributed by atoms with Crippen molar-refractivity contribution in [3.63, 3.8) is 0 Å². The first-order valence-corrected chi connectivity index (χ1v) is 11.4. The first-order valence-electron chi connectivity index (χ1n) is 10.6. The second-order valence-electron chi connectivity index (χ2n) is 8.17. The molecule has 29 heavy (non-hydrogen) atoms. The van der Waals surface area contributed by atoms with E-state index in [0.717, 1.165) is 48.5 Å². The van der Waals surface area contributed by atoms with Crippen LogP contribution in [-0.2, 0) is 4.79 Å². The predicted octanol–water partition coefficient (Wildman–Crippen LogP) is 4.39. The zero-order valence-corrected chi connectivity index (χ0v) is 17.7. The molecule has 1 aliphatic carbocycles. The normalized spacial score (nSPS) is 20.4. The Hall–Kier alpha value is -2.28. The summed E-state index contributed by atoms with van der Waals surface area (Å²) < 4.78 is 0. The molecule has 2 amide bonds. The van der Waals surface area contributed by atoms with E-state index in [1.165, 1.54) is 30.6 Å². The molecule has 2 aliphatic rings. The fourth-order valence-electron chi connectivity index (χ4n) is 4.37. The molecule has 0 unspecified atom stereocenters. The summed E-state index contributed by atoms with van der Waals surface area (Å²) >= 11 is 1.35. The van der Waals surface area contributed by atoms with Gasteiger partial charge in [-0.25, -0.2) is 0 Å². The van der Waals surface area contributed by atoms with Crippen molar-refractivity contribution in [1.82, 2.24) is 15.1 Å². The number of nitrogens with one attached hydrogen (secondary N) is 1. The van der Waals surface area contributed by atoms with Crippen molar-refractivity contribution in [3.8, 4) is 0 Å². The molecule has 1 saturated carbocycles. The third kappa shape index (κ3) is 4.66. The van der Waals surface area contributed by atoms with Crippen molar-refractivity contribution in [2.24, 2.45) is 5.92 Å². The van der Waals surface area contributed by atoms with Gasteiger partial charge in [0.2, 0.25) is 10.9 Å². The minimum absolute atomic E-state index is 0.175. The van der Waals surface area contributed by atoms with Crippen molar-refractivity contribution in [3.05, 3.63) is 39.8 Å². The monoisotopic (exact) mass is 412 g/mol. The minimum atomic E-state index is -0.228. The third-order valence-electron chi connectivity index (χ3n) is 6.06. The number of hydrogen-bond acceptors (Lipinski definition) is 5. The predicted molar refractivity (Wildman–Crippen MR) is 114 cm³/mol. The summed E-state index contributed by atoms with van der Waals surface area (Å²) in [7, 11) is 0. The number of rotatable bonds is 4. The molecule has 1 saturated heterocycles. The highest BCUT2D eigenvalue weighted by Gasteiger charge is 2.32. The Morgan fingerprint density at radius 2 is 1.86 bits per heavy atom. The van der Waals surface area contributed by atoms with Gasteiger partial charge >= 0.3 is 0 Å². The van der Waals surface area contributed by atoms with Crippen LogP contribution in [0.4, 0.5) is 5.69 Å². The van der Waals surface area contributed by atoms with Crippen LogP contribution in [0.1, 0.15) is 71.2 Å². The molecule has 0 spiro atoms. The van der Waals surface area contributed by atoms with E-state index in [1.807, 2.05) is 36.1 Å². The second kappa shape index (κ2) is 9.03. The van der Waals surface area contributed by atoms with Crippen LogP contribution >= 0.6 is 11.3 Å². The maximum atomic E-state index is 12.9. The van der Waals surface area contributed by atoms with E-state index in [2.05, 4.69) is 15.5 Å². The van der Waals surface area contributed by atoms with Crippen LogP contribution in [0.25, 0.3) is 0 Å². The summed E-state index contributed by atoms with van der Waals surface area (Å²) in [5.41, 5.74) is 1.80. The van der Waals surface area contributed by atoms with E-state index < -0.39 is 0 Å². The van der Waals surface area contributed by atoms with Gasteiger partial charge in [0.1, 0.15) is 5.01 Å². The van der Waals surface area contributed by atoms with Gasteiger partial charge in [-0.05, 0) is 44.2 Å². The second-order valence-corrected chi connectivity index (χ2v) is 9.18. The van der Waals surface area contributed by atoms with E-state index in [4.69, 9.17) is 0 Å². The standard InChI is InChI=1S/C22H28N4O2S/c1-15-8-5-6-12-18(15)23-19(27)21-25-24-20(29-21)17-11-7-13-26(14-17)22(28)16-9-3-2-4-10-16/h5-6,8,12,16-17H,2-4,7,9-11,13-14H2,1H3,(H,23,27)/t17-/m1/s1. The number of aromatic nitrogens is 2. The Labute approximate surface area is 175 Å². The van der Waals surface area contributed by atoms with Crippen LogP contribution in [-0.4, -0.2) is 40.0 Å². The molecule has 1 N–H and O–H groups in total. The summed E-state index contributed by atoms with van der Waals surface area (Å²) in [6, 6.07) is 7.68. The summed E-state index contributed by atoms with van der Waals surface area (Å²) in [5.74, 6) is 0.464. The van der Waals surface area contributed by atoms with Crippen LogP contribution in [0.15, 0.2) is 24.3 Å². The van der Waals surface area contributed by atoms with Crippen LogP contribution < -0.4 is 5.32 Å². The average Bonchev–Trinajstić information content (AvgIpc) is 3.26. The zero-order valence-electron chi connectivity index (χ0n) is 16.9. The number of carbonyl (C=O) groups excluding carboxylic acids is 2. The molecular formula is C22H28N4O2S. The number of hydrogen-bond donors (Lipinski definition) is 1. The van der Waals surface area contributed by atoms with Gasteiger partial charge in [-0.15, -0.1) is 10.2 Å². The maximum Gasteiger partial charge on any atom is 0.286 e. The van der Waals surface area contributed by atoms with Gasteiger partial charge in [-0.2, -0.15) is 0 Å². The van der Waals surface area contributed by atoms with Gasteiger partial charge in [-0.1, -0.05) is 48.8 Å². The Balaban J connectivity index is 1.40. The van der Waals surface area contributed by atoms with Crippen molar-refractivity contribution >= 4 is 28.8 Å². The topological polar surface area (TPSA) is 75.2 Å². The van der Waals surface area contributed by atoms with E-state index >= 15 is 0 Å². The summed E-state index contributed by atoms with van der Waals surface area (Å²) in [4.78, 5) is 27.5. The number of nitrogens with zero attached hydrogens (tertiary/aromatic N) is 3. The summed E-state index contributed by atoms with van der Waals surface area (Å²) in [5, 5.41) is 12.6. The van der Waals surface area contributed by atoms with Gasteiger partial charge in [0.05, 0.1) is 0 Å². The number of carbonyl (C=O) groups is 2. The molecule has 1 aromatic heterocycles. The number of aryl methyl sites for hydroxylation is 1. The average molecular weight is 413 g/mol. The highest BCUT2D eigenvalue weighted by molar-refractivity contribution is 7.13. The van der Waals surface area contributed by atoms with Crippen molar-refractivity contribution in [1.29, 1.82) is 0 Å². The molecule has 2 aromatic rings. The molecule has 2 fully saturated rings. The first-order chi connectivity index (χ1) is 14.1. The largest absolute Gasteiger partial charge is 0.342 e. The molecule has 0 radical (unpaired) electrons. The van der Waals surface area contributed by atoms with Crippen LogP contribution in [0.2, 0.25) is 0 Å². The highest BCUT2D eigenvalue weighted by Crippen LogP contribution is 2.32. The Morgan fingerprint density at radius 1 is 1.07 bits per heavy atom. The lowest BCUT2D eigenvalue weighted by molar-refractivity contribution is -0.137. The molecule has 0 bridgehead atoms. The highest BCUT2D eigenvalue weighted by atomic mass is 32.1. The Bertz CT molecular complexity index is 875. The SMILES string of the molecule is Cc1ccccc1NC(=O)c1nnc([C@@H]2CCCN(C(=O)C3CCCCC3)C2)s1.